The van der Waals surface area contributed by atoms with Gasteiger partial charge in [-0.2, -0.15) is 5.10 Å². The number of rotatable bonds is 3. The average Bonchev–Trinajstić information content (AvgIpc) is 2.93. The molecule has 0 fully saturated rings. The molecule has 2 rings (SSSR count). The van der Waals surface area contributed by atoms with Crippen molar-refractivity contribution < 1.29 is 9.53 Å². The van der Waals surface area contributed by atoms with Gasteiger partial charge in [-0.1, -0.05) is 58.5 Å². The average molecular weight is 385 g/mol. The van der Waals surface area contributed by atoms with E-state index in [0.717, 1.165) is 5.56 Å². The van der Waals surface area contributed by atoms with E-state index in [1.54, 1.807) is 19.2 Å². The van der Waals surface area contributed by atoms with Gasteiger partial charge in [0.15, 0.2) is 0 Å². The molecule has 0 saturated carbocycles. The molecule has 9 heteroatoms. The first-order valence-electron chi connectivity index (χ1n) is 6.30. The van der Waals surface area contributed by atoms with E-state index < -0.39 is 9.89 Å². The number of likely N-dealkylation sites (N-methyl/N-ethyl adjacent to an activating group) is 1. The molecule has 1 aromatic carbocycles. The van der Waals surface area contributed by atoms with Crippen LogP contribution in [0.4, 0.5) is 4.79 Å². The Morgan fingerprint density at radius 1 is 1.41 bits per heavy atom. The van der Waals surface area contributed by atoms with Crippen molar-refractivity contribution in [1.29, 1.82) is 0 Å². The number of alkyl halides is 3. The smallest absolute Gasteiger partial charge is 0.410 e. The molecule has 0 radical (unpaired) electrons. The molecule has 120 valence electrons. The van der Waals surface area contributed by atoms with Crippen LogP contribution in [0, 0.1) is 0 Å². The van der Waals surface area contributed by atoms with Crippen LogP contribution in [-0.2, 0) is 4.74 Å². The lowest BCUT2D eigenvalue weighted by atomic mass is 10.0. The van der Waals surface area contributed by atoms with E-state index in [1.165, 1.54) is 4.90 Å². The minimum atomic E-state index is -1.64. The van der Waals surface area contributed by atoms with E-state index in [4.69, 9.17) is 51.1 Å². The van der Waals surface area contributed by atoms with Gasteiger partial charge in [0.25, 0.3) is 0 Å². The maximum Gasteiger partial charge on any atom is 0.410 e. The van der Waals surface area contributed by atoms with Crippen molar-refractivity contribution in [3.8, 4) is 0 Å². The van der Waals surface area contributed by atoms with E-state index in [0.29, 0.717) is 17.3 Å². The van der Waals surface area contributed by atoms with Gasteiger partial charge in [0.1, 0.15) is 6.61 Å². The number of nitrogens with one attached hydrogen (secondary N) is 1. The van der Waals surface area contributed by atoms with Gasteiger partial charge in [-0.05, 0) is 12.1 Å². The summed E-state index contributed by atoms with van der Waals surface area (Å²) in [5.41, 5.74) is 4.45. The number of hydrazone groups is 1. The molecule has 1 amide bonds. The van der Waals surface area contributed by atoms with Gasteiger partial charge in [-0.15, -0.1) is 0 Å². The number of amides is 1. The van der Waals surface area contributed by atoms with Crippen molar-refractivity contribution in [3.05, 3.63) is 34.9 Å². The minimum absolute atomic E-state index is 0.288. The highest BCUT2D eigenvalue weighted by molar-refractivity contribution is 6.67. The Bertz CT molecular complexity index is 572. The third-order valence-electron chi connectivity index (χ3n) is 3.05. The number of benzene rings is 1. The lowest BCUT2D eigenvalue weighted by Crippen LogP contribution is -2.44. The topological polar surface area (TPSA) is 53.9 Å². The number of nitrogens with zero attached hydrogens (tertiary/aromatic N) is 2. The van der Waals surface area contributed by atoms with Crippen LogP contribution in [0.1, 0.15) is 5.56 Å². The number of halogens is 4. The number of ether oxygens (including phenoxy) is 1. The zero-order valence-corrected chi connectivity index (χ0v) is 14.5. The van der Waals surface area contributed by atoms with Crippen LogP contribution in [0.25, 0.3) is 0 Å². The van der Waals surface area contributed by atoms with E-state index in [1.807, 2.05) is 12.1 Å². The number of carbonyl (C=O) groups is 1. The molecule has 1 aliphatic heterocycles. The summed E-state index contributed by atoms with van der Waals surface area (Å²) < 4.78 is 3.33. The first-order chi connectivity index (χ1) is 10.3. The fraction of sp³-hybridized carbons (Fsp3) is 0.385. The predicted molar refractivity (Wildman–Crippen MR) is 89.2 cm³/mol. The molecule has 0 aliphatic carbocycles. The van der Waals surface area contributed by atoms with Crippen LogP contribution in [0.5, 0.6) is 0 Å². The summed E-state index contributed by atoms with van der Waals surface area (Å²) in [6.07, 6.45) is -0.596. The number of hydrogen-bond acceptors (Lipinski definition) is 4. The molecule has 1 unspecified atom stereocenters. The van der Waals surface area contributed by atoms with Gasteiger partial charge in [-0.25, -0.2) is 4.79 Å². The molecule has 1 heterocycles. The van der Waals surface area contributed by atoms with Crippen LogP contribution in [-0.4, -0.2) is 46.7 Å². The summed E-state index contributed by atoms with van der Waals surface area (Å²) in [7, 11) is 1.60. The highest BCUT2D eigenvalue weighted by atomic mass is 35.6. The molecular weight excluding hydrogens is 372 g/mol. The van der Waals surface area contributed by atoms with Gasteiger partial charge < -0.3 is 15.1 Å². The SMILES string of the molecule is CN(C(=O)OCC(Cl)(Cl)Cl)C1CNN=C1c1ccc(Cl)cc1. The molecule has 1 aromatic rings. The fourth-order valence-electron chi connectivity index (χ4n) is 1.96. The van der Waals surface area contributed by atoms with E-state index in [2.05, 4.69) is 10.5 Å². The molecule has 5 nitrogen and oxygen atoms in total. The molecule has 0 aromatic heterocycles. The fourth-order valence-corrected chi connectivity index (χ4v) is 2.25. The maximum atomic E-state index is 12.0. The van der Waals surface area contributed by atoms with Crippen molar-refractivity contribution in [2.24, 2.45) is 5.10 Å². The first-order valence-corrected chi connectivity index (χ1v) is 7.82. The normalized spacial score (nSPS) is 17.7. The van der Waals surface area contributed by atoms with Gasteiger partial charge in [0, 0.05) is 17.6 Å². The van der Waals surface area contributed by atoms with Crippen LogP contribution in [0.2, 0.25) is 5.02 Å². The summed E-state index contributed by atoms with van der Waals surface area (Å²) in [5, 5.41) is 4.85. The second-order valence-electron chi connectivity index (χ2n) is 4.66. The Kier molecular flexibility index (Phi) is 5.66. The lowest BCUT2D eigenvalue weighted by molar-refractivity contribution is 0.108. The molecule has 1 atom stereocenters. The lowest BCUT2D eigenvalue weighted by Gasteiger charge is -2.25. The zero-order chi connectivity index (χ0) is 16.3. The third kappa shape index (κ3) is 4.56. The largest absolute Gasteiger partial charge is 0.445 e. The second-order valence-corrected chi connectivity index (χ2v) is 7.62. The van der Waals surface area contributed by atoms with E-state index in [-0.39, 0.29) is 12.6 Å². The van der Waals surface area contributed by atoms with Crippen molar-refractivity contribution in [3.63, 3.8) is 0 Å². The molecule has 0 saturated heterocycles. The first kappa shape index (κ1) is 17.5. The molecule has 1 aliphatic rings. The summed E-state index contributed by atoms with van der Waals surface area (Å²) in [6.45, 7) is 0.145. The molecule has 0 bridgehead atoms. The summed E-state index contributed by atoms with van der Waals surface area (Å²) in [6, 6.07) is 6.90. The van der Waals surface area contributed by atoms with E-state index in [9.17, 15) is 4.79 Å². The molecule has 1 N–H and O–H groups in total. The minimum Gasteiger partial charge on any atom is -0.445 e. The Balaban J connectivity index is 2.06. The standard InChI is InChI=1S/C13H13Cl4N3O2/c1-20(12(21)22-7-13(15,16)17)10-6-18-19-11(10)8-2-4-9(14)5-3-8/h2-5,10,18H,6-7H2,1H3. The Morgan fingerprint density at radius 2 is 2.05 bits per heavy atom. The van der Waals surface area contributed by atoms with Crippen molar-refractivity contribution in [2.75, 3.05) is 20.2 Å². The molecule has 0 spiro atoms. The predicted octanol–water partition coefficient (Wildman–Crippen LogP) is 3.45. The zero-order valence-electron chi connectivity index (χ0n) is 11.5. The monoisotopic (exact) mass is 383 g/mol. The van der Waals surface area contributed by atoms with Gasteiger partial charge in [0.2, 0.25) is 3.79 Å². The summed E-state index contributed by atoms with van der Waals surface area (Å²) in [5.74, 6) is 0. The molecule has 22 heavy (non-hydrogen) atoms. The van der Waals surface area contributed by atoms with Gasteiger partial charge in [-0.3, -0.25) is 0 Å². The van der Waals surface area contributed by atoms with Crippen molar-refractivity contribution in [1.82, 2.24) is 10.3 Å². The van der Waals surface area contributed by atoms with Crippen molar-refractivity contribution in [2.45, 2.75) is 9.83 Å². The highest BCUT2D eigenvalue weighted by Crippen LogP contribution is 2.26. The van der Waals surface area contributed by atoms with Crippen LogP contribution in [0.15, 0.2) is 29.4 Å². The number of carbonyl (C=O) groups excluding carboxylic acids is 1. The maximum absolute atomic E-state index is 12.0. The Labute approximate surface area is 148 Å². The third-order valence-corrected chi connectivity index (χ3v) is 3.63. The number of hydrogen-bond donors (Lipinski definition) is 1. The second kappa shape index (κ2) is 7.13. The van der Waals surface area contributed by atoms with Crippen LogP contribution in [0.3, 0.4) is 0 Å². The summed E-state index contributed by atoms with van der Waals surface area (Å²) >= 11 is 22.6. The van der Waals surface area contributed by atoms with Crippen molar-refractivity contribution >= 4 is 58.2 Å². The van der Waals surface area contributed by atoms with Crippen LogP contribution >= 0.6 is 46.4 Å². The van der Waals surface area contributed by atoms with Gasteiger partial charge >= 0.3 is 6.09 Å². The quantitative estimate of drug-likeness (QED) is 0.812. The van der Waals surface area contributed by atoms with Gasteiger partial charge in [0.05, 0.1) is 18.3 Å². The van der Waals surface area contributed by atoms with Crippen LogP contribution < -0.4 is 5.43 Å². The molecular formula is C13H13Cl4N3O2. The summed E-state index contributed by atoms with van der Waals surface area (Å²) in [4.78, 5) is 13.4. The Hall–Kier alpha value is -0.880. The Morgan fingerprint density at radius 3 is 2.64 bits per heavy atom. The van der Waals surface area contributed by atoms with E-state index >= 15 is 0 Å². The highest BCUT2D eigenvalue weighted by Gasteiger charge is 2.32.